The highest BCUT2D eigenvalue weighted by Crippen LogP contribution is 2.18. The van der Waals surface area contributed by atoms with E-state index in [-0.39, 0.29) is 0 Å². The Morgan fingerprint density at radius 1 is 0.821 bits per heavy atom. The molecule has 2 N–H and O–H groups in total. The number of ether oxygens (including phenoxy) is 1. The number of aryl methyl sites for hydroxylation is 2. The van der Waals surface area contributed by atoms with Crippen molar-refractivity contribution in [3.05, 3.63) is 89.5 Å². The first-order chi connectivity index (χ1) is 13.5. The highest BCUT2D eigenvalue weighted by atomic mass is 16.5. The van der Waals surface area contributed by atoms with Crippen LogP contribution in [0.25, 0.3) is 0 Å². The van der Waals surface area contributed by atoms with Gasteiger partial charge in [-0.25, -0.2) is 0 Å². The van der Waals surface area contributed by atoms with Gasteiger partial charge >= 0.3 is 11.8 Å². The van der Waals surface area contributed by atoms with Crippen LogP contribution in [0.1, 0.15) is 16.7 Å². The number of hydrogen-bond donors (Lipinski definition) is 2. The van der Waals surface area contributed by atoms with Crippen molar-refractivity contribution in [1.29, 1.82) is 0 Å². The Labute approximate surface area is 164 Å². The molecule has 3 aromatic carbocycles. The molecule has 0 aliphatic rings. The molecule has 0 saturated heterocycles. The second-order valence-corrected chi connectivity index (χ2v) is 6.53. The van der Waals surface area contributed by atoms with Crippen LogP contribution < -0.4 is 15.4 Å². The second-order valence-electron chi connectivity index (χ2n) is 6.53. The molecule has 5 nitrogen and oxygen atoms in total. The van der Waals surface area contributed by atoms with Crippen LogP contribution in [0.5, 0.6) is 5.75 Å². The molecule has 142 valence electrons. The summed E-state index contributed by atoms with van der Waals surface area (Å²) in [7, 11) is 0. The zero-order chi connectivity index (χ0) is 19.9. The summed E-state index contributed by atoms with van der Waals surface area (Å²) in [6, 6.07) is 22.4. The minimum absolute atomic E-state index is 0.463. The molecule has 0 bridgehead atoms. The number of anilines is 2. The highest BCUT2D eigenvalue weighted by Gasteiger charge is 2.15. The number of benzene rings is 3. The van der Waals surface area contributed by atoms with Crippen molar-refractivity contribution in [3.63, 3.8) is 0 Å². The van der Waals surface area contributed by atoms with Crippen molar-refractivity contribution < 1.29 is 14.3 Å². The largest absolute Gasteiger partial charge is 0.489 e. The summed E-state index contributed by atoms with van der Waals surface area (Å²) in [5.74, 6) is -0.754. The van der Waals surface area contributed by atoms with Gasteiger partial charge in [-0.15, -0.1) is 0 Å². The van der Waals surface area contributed by atoms with Gasteiger partial charge in [0.25, 0.3) is 0 Å². The molecule has 0 aliphatic heterocycles. The van der Waals surface area contributed by atoms with Crippen LogP contribution in [-0.2, 0) is 16.2 Å². The van der Waals surface area contributed by atoms with Crippen molar-refractivity contribution in [1.82, 2.24) is 0 Å². The van der Waals surface area contributed by atoms with Gasteiger partial charge in [0.05, 0.1) is 0 Å². The van der Waals surface area contributed by atoms with Gasteiger partial charge < -0.3 is 15.4 Å². The number of amides is 2. The molecule has 3 rings (SSSR count). The standard InChI is InChI=1S/C23H22N2O3/c1-16-8-13-21(17(2)14-16)25-23(27)22(26)24-19-9-11-20(12-10-19)28-15-18-6-4-3-5-7-18/h3-14H,15H2,1-2H3,(H,24,26)(H,25,27). The van der Waals surface area contributed by atoms with Crippen molar-refractivity contribution in [2.75, 3.05) is 10.6 Å². The van der Waals surface area contributed by atoms with Gasteiger partial charge in [0.1, 0.15) is 12.4 Å². The highest BCUT2D eigenvalue weighted by molar-refractivity contribution is 6.43. The fourth-order valence-corrected chi connectivity index (χ4v) is 2.70. The number of nitrogens with one attached hydrogen (secondary N) is 2. The summed E-state index contributed by atoms with van der Waals surface area (Å²) < 4.78 is 5.71. The number of hydrogen-bond acceptors (Lipinski definition) is 3. The number of carbonyl (C=O) groups excluding carboxylic acids is 2. The van der Waals surface area contributed by atoms with Crippen LogP contribution in [0, 0.1) is 13.8 Å². The quantitative estimate of drug-likeness (QED) is 0.648. The van der Waals surface area contributed by atoms with Gasteiger partial charge in [0.2, 0.25) is 0 Å². The maximum atomic E-state index is 12.1. The van der Waals surface area contributed by atoms with Crippen LogP contribution in [0.15, 0.2) is 72.8 Å². The average Bonchev–Trinajstić information content (AvgIpc) is 2.70. The molecule has 3 aromatic rings. The third-order valence-corrected chi connectivity index (χ3v) is 4.20. The first-order valence-electron chi connectivity index (χ1n) is 8.97. The summed E-state index contributed by atoms with van der Waals surface area (Å²) in [6.07, 6.45) is 0. The molecule has 0 aliphatic carbocycles. The lowest BCUT2D eigenvalue weighted by Crippen LogP contribution is -2.29. The molecule has 0 spiro atoms. The molecule has 0 radical (unpaired) electrons. The van der Waals surface area contributed by atoms with E-state index in [0.29, 0.717) is 23.7 Å². The minimum atomic E-state index is -0.724. The van der Waals surface area contributed by atoms with Crippen LogP contribution in [-0.4, -0.2) is 11.8 Å². The van der Waals surface area contributed by atoms with Crippen molar-refractivity contribution >= 4 is 23.2 Å². The molecule has 2 amide bonds. The molecule has 28 heavy (non-hydrogen) atoms. The Bertz CT molecular complexity index is 967. The third-order valence-electron chi connectivity index (χ3n) is 4.20. The lowest BCUT2D eigenvalue weighted by atomic mass is 10.1. The number of rotatable bonds is 5. The summed E-state index contributed by atoms with van der Waals surface area (Å²) in [6.45, 7) is 4.32. The Morgan fingerprint density at radius 2 is 1.50 bits per heavy atom. The zero-order valence-electron chi connectivity index (χ0n) is 15.9. The first kappa shape index (κ1) is 19.2. The maximum Gasteiger partial charge on any atom is 0.314 e. The van der Waals surface area contributed by atoms with Crippen molar-refractivity contribution in [2.24, 2.45) is 0 Å². The summed E-state index contributed by atoms with van der Waals surface area (Å²) >= 11 is 0. The molecular weight excluding hydrogens is 352 g/mol. The topological polar surface area (TPSA) is 67.4 Å². The summed E-state index contributed by atoms with van der Waals surface area (Å²) in [5.41, 5.74) is 4.21. The van der Waals surface area contributed by atoms with Crippen LogP contribution in [0.4, 0.5) is 11.4 Å². The van der Waals surface area contributed by atoms with E-state index in [4.69, 9.17) is 4.74 Å². The van der Waals surface area contributed by atoms with E-state index in [2.05, 4.69) is 10.6 Å². The first-order valence-corrected chi connectivity index (χ1v) is 8.97. The molecule has 5 heteroatoms. The van der Waals surface area contributed by atoms with E-state index < -0.39 is 11.8 Å². The van der Waals surface area contributed by atoms with E-state index in [0.717, 1.165) is 16.7 Å². The fourth-order valence-electron chi connectivity index (χ4n) is 2.70. The van der Waals surface area contributed by atoms with Gasteiger partial charge in [0, 0.05) is 11.4 Å². The van der Waals surface area contributed by atoms with Gasteiger partial charge in [-0.05, 0) is 55.3 Å². The Balaban J connectivity index is 1.54. The fraction of sp³-hybridized carbons (Fsp3) is 0.130. The van der Waals surface area contributed by atoms with Gasteiger partial charge in [-0.3, -0.25) is 9.59 Å². The van der Waals surface area contributed by atoms with E-state index in [1.165, 1.54) is 0 Å². The molecule has 0 fully saturated rings. The predicted octanol–water partition coefficient (Wildman–Crippen LogP) is 4.46. The molecule has 0 atom stereocenters. The van der Waals surface area contributed by atoms with Gasteiger partial charge in [0.15, 0.2) is 0 Å². The van der Waals surface area contributed by atoms with Gasteiger partial charge in [-0.1, -0.05) is 48.0 Å². The monoisotopic (exact) mass is 374 g/mol. The SMILES string of the molecule is Cc1ccc(NC(=O)C(=O)Nc2ccc(OCc3ccccc3)cc2)c(C)c1. The third kappa shape index (κ3) is 5.20. The lowest BCUT2D eigenvalue weighted by molar-refractivity contribution is -0.133. The Morgan fingerprint density at radius 3 is 2.18 bits per heavy atom. The zero-order valence-corrected chi connectivity index (χ0v) is 15.9. The Kier molecular flexibility index (Phi) is 6.07. The molecule has 0 saturated carbocycles. The number of carbonyl (C=O) groups is 2. The van der Waals surface area contributed by atoms with Crippen LogP contribution >= 0.6 is 0 Å². The van der Waals surface area contributed by atoms with Crippen LogP contribution in [0.3, 0.4) is 0 Å². The lowest BCUT2D eigenvalue weighted by Gasteiger charge is -2.10. The van der Waals surface area contributed by atoms with E-state index >= 15 is 0 Å². The predicted molar refractivity (Wildman–Crippen MR) is 110 cm³/mol. The maximum absolute atomic E-state index is 12.1. The molecule has 0 heterocycles. The second kappa shape index (κ2) is 8.86. The van der Waals surface area contributed by atoms with E-state index in [1.807, 2.05) is 56.3 Å². The van der Waals surface area contributed by atoms with Crippen molar-refractivity contribution in [2.45, 2.75) is 20.5 Å². The molecule has 0 unspecified atom stereocenters. The normalized spacial score (nSPS) is 10.2. The summed E-state index contributed by atoms with van der Waals surface area (Å²) in [4.78, 5) is 24.3. The van der Waals surface area contributed by atoms with E-state index in [9.17, 15) is 9.59 Å². The van der Waals surface area contributed by atoms with E-state index in [1.54, 1.807) is 30.3 Å². The van der Waals surface area contributed by atoms with Crippen LogP contribution in [0.2, 0.25) is 0 Å². The van der Waals surface area contributed by atoms with Gasteiger partial charge in [-0.2, -0.15) is 0 Å². The average molecular weight is 374 g/mol. The minimum Gasteiger partial charge on any atom is -0.489 e. The summed E-state index contributed by atoms with van der Waals surface area (Å²) in [5, 5.41) is 5.22. The molecule has 0 aromatic heterocycles. The molecular formula is C23H22N2O3. The van der Waals surface area contributed by atoms with Crippen molar-refractivity contribution in [3.8, 4) is 5.75 Å². The Hall–Kier alpha value is -3.60. The smallest absolute Gasteiger partial charge is 0.314 e.